The van der Waals surface area contributed by atoms with Crippen LogP contribution < -0.4 is 10.1 Å². The second-order valence-electron chi connectivity index (χ2n) is 7.94. The molecule has 0 radical (unpaired) electrons. The van der Waals surface area contributed by atoms with Crippen molar-refractivity contribution in [3.05, 3.63) is 71.2 Å². The van der Waals surface area contributed by atoms with Gasteiger partial charge in [0.25, 0.3) is 5.91 Å². The van der Waals surface area contributed by atoms with Crippen molar-refractivity contribution in [1.29, 1.82) is 0 Å². The minimum absolute atomic E-state index is 0.120. The molecule has 31 heavy (non-hydrogen) atoms. The molecule has 1 aliphatic rings. The molecule has 1 amide bonds. The Morgan fingerprint density at radius 1 is 1.13 bits per heavy atom. The van der Waals surface area contributed by atoms with Crippen LogP contribution in [0.5, 0.6) is 5.75 Å². The Labute approximate surface area is 179 Å². The van der Waals surface area contributed by atoms with Gasteiger partial charge in [0.1, 0.15) is 5.75 Å². The molecular formula is C24H22N4O3. The largest absolute Gasteiger partial charge is 0.497 e. The molecule has 0 spiro atoms. The number of carbonyl (C=O) groups excluding carboxylic acids is 1. The van der Waals surface area contributed by atoms with Crippen LogP contribution in [-0.4, -0.2) is 28.2 Å². The minimum Gasteiger partial charge on any atom is -0.497 e. The first-order chi connectivity index (χ1) is 15.0. The van der Waals surface area contributed by atoms with E-state index in [1.807, 2.05) is 43.3 Å². The molecule has 0 unspecified atom stereocenters. The first kappa shape index (κ1) is 19.2. The van der Waals surface area contributed by atoms with Gasteiger partial charge in [-0.15, -0.1) is 10.2 Å². The Balaban J connectivity index is 1.58. The van der Waals surface area contributed by atoms with Crippen LogP contribution in [0.2, 0.25) is 0 Å². The highest BCUT2D eigenvalue weighted by Gasteiger charge is 2.47. The second kappa shape index (κ2) is 7.19. The summed E-state index contributed by atoms with van der Waals surface area (Å²) in [5.41, 5.74) is 3.67. The van der Waals surface area contributed by atoms with Gasteiger partial charge < -0.3 is 14.5 Å². The number of amides is 1. The molecule has 4 aromatic rings. The standard InChI is InChI=1S/C24H22N4O3/c1-14-6-7-17(30-3)13-19(14)22(29)26-24(8-9-24)20-11-16(23-28-27-15(2)31-23)12-21-18(20)5-4-10-25-21/h4-7,10-13H,8-9H2,1-3H3,(H,26,29). The van der Waals surface area contributed by atoms with Gasteiger partial charge in [0.2, 0.25) is 11.8 Å². The van der Waals surface area contributed by atoms with Gasteiger partial charge in [0, 0.05) is 29.6 Å². The topological polar surface area (TPSA) is 90.1 Å². The molecule has 0 atom stereocenters. The van der Waals surface area contributed by atoms with Crippen LogP contribution in [0.15, 0.2) is 53.1 Å². The highest BCUT2D eigenvalue weighted by molar-refractivity contribution is 5.97. The third-order valence-electron chi connectivity index (χ3n) is 5.80. The van der Waals surface area contributed by atoms with Crippen LogP contribution in [0.4, 0.5) is 0 Å². The van der Waals surface area contributed by atoms with E-state index in [0.717, 1.165) is 40.4 Å². The van der Waals surface area contributed by atoms with Crippen molar-refractivity contribution in [2.75, 3.05) is 7.11 Å². The number of methoxy groups -OCH3 is 1. The maximum Gasteiger partial charge on any atom is 0.252 e. The summed E-state index contributed by atoms with van der Waals surface area (Å²) >= 11 is 0. The van der Waals surface area contributed by atoms with Crippen molar-refractivity contribution >= 4 is 16.8 Å². The molecule has 2 aromatic heterocycles. The summed E-state index contributed by atoms with van der Waals surface area (Å²) in [6.45, 7) is 3.68. The fourth-order valence-corrected chi connectivity index (χ4v) is 3.96. The van der Waals surface area contributed by atoms with Crippen LogP contribution in [0.25, 0.3) is 22.4 Å². The first-order valence-corrected chi connectivity index (χ1v) is 10.2. The lowest BCUT2D eigenvalue weighted by molar-refractivity contribution is 0.0930. The highest BCUT2D eigenvalue weighted by Crippen LogP contribution is 2.49. The molecule has 2 aromatic carbocycles. The van der Waals surface area contributed by atoms with E-state index >= 15 is 0 Å². The quantitative estimate of drug-likeness (QED) is 0.523. The maximum atomic E-state index is 13.2. The number of carbonyl (C=O) groups is 1. The summed E-state index contributed by atoms with van der Waals surface area (Å²) in [6.07, 6.45) is 3.45. The molecule has 1 N–H and O–H groups in total. The van der Waals surface area contributed by atoms with E-state index in [1.165, 1.54) is 0 Å². The lowest BCUT2D eigenvalue weighted by Gasteiger charge is -2.21. The lowest BCUT2D eigenvalue weighted by atomic mass is 9.95. The van der Waals surface area contributed by atoms with Gasteiger partial charge in [-0.1, -0.05) is 12.1 Å². The molecule has 5 rings (SSSR count). The van der Waals surface area contributed by atoms with Crippen molar-refractivity contribution < 1.29 is 13.9 Å². The monoisotopic (exact) mass is 414 g/mol. The molecule has 0 aliphatic heterocycles. The second-order valence-corrected chi connectivity index (χ2v) is 7.94. The number of nitrogens with zero attached hydrogens (tertiary/aromatic N) is 3. The van der Waals surface area contributed by atoms with Crippen LogP contribution in [0.3, 0.4) is 0 Å². The van der Waals surface area contributed by atoms with Crippen molar-refractivity contribution in [3.8, 4) is 17.2 Å². The molecule has 1 saturated carbocycles. The van der Waals surface area contributed by atoms with E-state index in [-0.39, 0.29) is 5.91 Å². The fraction of sp³-hybridized carbons (Fsp3) is 0.250. The predicted octanol–water partition coefficient (Wildman–Crippen LogP) is 4.33. The Morgan fingerprint density at radius 2 is 1.97 bits per heavy atom. The van der Waals surface area contributed by atoms with Gasteiger partial charge in [-0.3, -0.25) is 9.78 Å². The van der Waals surface area contributed by atoms with Gasteiger partial charge in [0.15, 0.2) is 0 Å². The summed E-state index contributed by atoms with van der Waals surface area (Å²) in [5.74, 6) is 1.48. The average Bonchev–Trinajstić information content (AvgIpc) is 3.43. The number of rotatable bonds is 5. The summed E-state index contributed by atoms with van der Waals surface area (Å²) in [5, 5.41) is 12.4. The molecule has 0 bridgehead atoms. The van der Waals surface area contributed by atoms with E-state index < -0.39 is 5.54 Å². The smallest absolute Gasteiger partial charge is 0.252 e. The summed E-state index contributed by atoms with van der Waals surface area (Å²) in [6, 6.07) is 13.4. The van der Waals surface area contributed by atoms with Gasteiger partial charge in [-0.05, 0) is 61.2 Å². The van der Waals surface area contributed by atoms with Crippen LogP contribution in [0.1, 0.15) is 40.2 Å². The molecule has 0 saturated heterocycles. The number of ether oxygens (including phenoxy) is 1. The highest BCUT2D eigenvalue weighted by atomic mass is 16.5. The third kappa shape index (κ3) is 3.42. The van der Waals surface area contributed by atoms with Crippen molar-refractivity contribution in [2.24, 2.45) is 0 Å². The first-order valence-electron chi connectivity index (χ1n) is 10.2. The zero-order chi connectivity index (χ0) is 21.6. The maximum absolute atomic E-state index is 13.2. The van der Waals surface area contributed by atoms with E-state index in [4.69, 9.17) is 9.15 Å². The van der Waals surface area contributed by atoms with Crippen LogP contribution in [0, 0.1) is 13.8 Å². The van der Waals surface area contributed by atoms with E-state index in [0.29, 0.717) is 23.1 Å². The number of nitrogens with one attached hydrogen (secondary N) is 1. The van der Waals surface area contributed by atoms with Crippen LogP contribution >= 0.6 is 0 Å². The van der Waals surface area contributed by atoms with E-state index in [2.05, 4.69) is 20.5 Å². The van der Waals surface area contributed by atoms with Crippen molar-refractivity contribution in [3.63, 3.8) is 0 Å². The van der Waals surface area contributed by atoms with Gasteiger partial charge >= 0.3 is 0 Å². The third-order valence-corrected chi connectivity index (χ3v) is 5.80. The van der Waals surface area contributed by atoms with Crippen molar-refractivity contribution in [1.82, 2.24) is 20.5 Å². The number of aromatic nitrogens is 3. The lowest BCUT2D eigenvalue weighted by Crippen LogP contribution is -2.35. The normalized spacial score (nSPS) is 14.4. The number of fused-ring (bicyclic) bond motifs is 1. The molecule has 1 aliphatic carbocycles. The van der Waals surface area contributed by atoms with Gasteiger partial charge in [-0.2, -0.15) is 0 Å². The molecule has 156 valence electrons. The molecule has 2 heterocycles. The van der Waals surface area contributed by atoms with E-state index in [1.54, 1.807) is 26.3 Å². The average molecular weight is 414 g/mol. The van der Waals surface area contributed by atoms with Gasteiger partial charge in [-0.25, -0.2) is 0 Å². The zero-order valence-electron chi connectivity index (χ0n) is 17.6. The van der Waals surface area contributed by atoms with E-state index in [9.17, 15) is 4.79 Å². The Kier molecular flexibility index (Phi) is 4.46. The summed E-state index contributed by atoms with van der Waals surface area (Å²) in [7, 11) is 1.60. The number of benzene rings is 2. The number of aryl methyl sites for hydroxylation is 2. The zero-order valence-corrected chi connectivity index (χ0v) is 17.6. The van der Waals surface area contributed by atoms with Gasteiger partial charge in [0.05, 0.1) is 18.2 Å². The number of hydrogen-bond donors (Lipinski definition) is 1. The Hall–Kier alpha value is -3.74. The van der Waals surface area contributed by atoms with Crippen molar-refractivity contribution in [2.45, 2.75) is 32.2 Å². The molecule has 1 fully saturated rings. The van der Waals surface area contributed by atoms with Crippen LogP contribution in [-0.2, 0) is 5.54 Å². The number of hydrogen-bond acceptors (Lipinski definition) is 6. The minimum atomic E-state index is -0.459. The SMILES string of the molecule is COc1ccc(C)c(C(=O)NC2(c3cc(-c4nnc(C)o4)cc4ncccc34)CC2)c1. The Morgan fingerprint density at radius 3 is 2.68 bits per heavy atom. The predicted molar refractivity (Wildman–Crippen MR) is 116 cm³/mol. The molecule has 7 heteroatoms. The Bertz CT molecular complexity index is 1310. The molecular weight excluding hydrogens is 392 g/mol. The summed E-state index contributed by atoms with van der Waals surface area (Å²) in [4.78, 5) is 17.8. The summed E-state index contributed by atoms with van der Waals surface area (Å²) < 4.78 is 11.0. The molecule has 7 nitrogen and oxygen atoms in total. The number of pyridine rings is 1. The fourth-order valence-electron chi connectivity index (χ4n) is 3.96.